The number of rotatable bonds is 3. The van der Waals surface area contributed by atoms with E-state index in [4.69, 9.17) is 17.3 Å². The van der Waals surface area contributed by atoms with Crippen LogP contribution in [0.1, 0.15) is 25.5 Å². The topological polar surface area (TPSA) is 55.0 Å². The highest BCUT2D eigenvalue weighted by molar-refractivity contribution is 7.10. The maximum Gasteiger partial charge on any atom is 0.138 e. The van der Waals surface area contributed by atoms with E-state index in [2.05, 4.69) is 21.4 Å². The molecule has 0 aromatic carbocycles. The number of hydrogen-bond acceptors (Lipinski definition) is 5. The van der Waals surface area contributed by atoms with E-state index in [1.54, 1.807) is 0 Å². The van der Waals surface area contributed by atoms with Gasteiger partial charge in [0, 0.05) is 30.7 Å². The molecule has 2 heterocycles. The minimum absolute atomic E-state index is 0.450. The largest absolute Gasteiger partial charge is 0.329 e. The number of hydrogen-bond donors (Lipinski definition) is 1. The van der Waals surface area contributed by atoms with Crippen LogP contribution in [-0.2, 0) is 6.54 Å². The van der Waals surface area contributed by atoms with E-state index in [9.17, 15) is 0 Å². The first-order valence-corrected chi connectivity index (χ1v) is 6.78. The van der Waals surface area contributed by atoms with Gasteiger partial charge in [-0.25, -0.2) is 0 Å². The highest BCUT2D eigenvalue weighted by Gasteiger charge is 2.28. The molecule has 90 valence electrons. The molecule has 0 bridgehead atoms. The molecular weight excluding hydrogens is 244 g/mol. The summed E-state index contributed by atoms with van der Waals surface area (Å²) >= 11 is 7.27. The molecule has 0 spiro atoms. The van der Waals surface area contributed by atoms with Crippen molar-refractivity contribution < 1.29 is 0 Å². The van der Waals surface area contributed by atoms with Crippen molar-refractivity contribution in [2.24, 2.45) is 11.7 Å². The van der Waals surface area contributed by atoms with Gasteiger partial charge in [-0.15, -0.1) is 5.10 Å². The molecule has 1 fully saturated rings. The third kappa shape index (κ3) is 2.53. The molecule has 6 heteroatoms. The first-order chi connectivity index (χ1) is 7.72. The predicted molar refractivity (Wildman–Crippen MR) is 66.6 cm³/mol. The standard InChI is InChI=1S/C10H17ClN4S/c1-7-3-2-4-15(9(7)5-12)6-8-10(11)16-14-13-8/h7,9H,2-6,12H2,1H3. The van der Waals surface area contributed by atoms with Crippen LogP contribution < -0.4 is 5.73 Å². The van der Waals surface area contributed by atoms with Crippen LogP contribution in [0.4, 0.5) is 0 Å². The summed E-state index contributed by atoms with van der Waals surface area (Å²) in [4.78, 5) is 2.39. The van der Waals surface area contributed by atoms with Gasteiger partial charge in [-0.2, -0.15) is 0 Å². The molecule has 1 aromatic heterocycles. The lowest BCUT2D eigenvalue weighted by atomic mass is 9.91. The molecule has 0 amide bonds. The van der Waals surface area contributed by atoms with Crippen molar-refractivity contribution in [3.63, 3.8) is 0 Å². The molecule has 0 radical (unpaired) electrons. The molecule has 4 nitrogen and oxygen atoms in total. The van der Waals surface area contributed by atoms with Crippen LogP contribution in [-0.4, -0.2) is 33.6 Å². The molecule has 2 rings (SSSR count). The van der Waals surface area contributed by atoms with Crippen LogP contribution in [0.5, 0.6) is 0 Å². The first kappa shape index (κ1) is 12.2. The lowest BCUT2D eigenvalue weighted by molar-refractivity contribution is 0.0978. The number of piperidine rings is 1. The van der Waals surface area contributed by atoms with Gasteiger partial charge in [0.25, 0.3) is 0 Å². The Kier molecular flexibility index (Phi) is 4.13. The summed E-state index contributed by atoms with van der Waals surface area (Å²) in [6.07, 6.45) is 2.49. The first-order valence-electron chi connectivity index (χ1n) is 5.63. The van der Waals surface area contributed by atoms with Gasteiger partial charge >= 0.3 is 0 Å². The minimum atomic E-state index is 0.450. The fraction of sp³-hybridized carbons (Fsp3) is 0.800. The van der Waals surface area contributed by atoms with Crippen LogP contribution in [0.25, 0.3) is 0 Å². The number of nitrogens with two attached hydrogens (primary N) is 1. The quantitative estimate of drug-likeness (QED) is 0.900. The van der Waals surface area contributed by atoms with Crippen molar-refractivity contribution in [2.75, 3.05) is 13.1 Å². The van der Waals surface area contributed by atoms with Crippen LogP contribution in [0, 0.1) is 5.92 Å². The second-order valence-corrected chi connectivity index (χ2v) is 5.74. The van der Waals surface area contributed by atoms with E-state index in [1.807, 2.05) is 0 Å². The van der Waals surface area contributed by atoms with Gasteiger partial charge in [-0.1, -0.05) is 23.0 Å². The lowest BCUT2D eigenvalue weighted by Crippen LogP contribution is -2.48. The average Bonchev–Trinajstić information content (AvgIpc) is 2.65. The van der Waals surface area contributed by atoms with Crippen molar-refractivity contribution in [3.8, 4) is 0 Å². The highest BCUT2D eigenvalue weighted by atomic mass is 35.5. The minimum Gasteiger partial charge on any atom is -0.329 e. The lowest BCUT2D eigenvalue weighted by Gasteiger charge is -2.39. The molecular formula is C10H17ClN4S. The van der Waals surface area contributed by atoms with E-state index in [0.29, 0.717) is 22.8 Å². The zero-order chi connectivity index (χ0) is 11.5. The fourth-order valence-electron chi connectivity index (χ4n) is 2.40. The molecule has 2 atom stereocenters. The summed E-state index contributed by atoms with van der Waals surface area (Å²) in [6, 6.07) is 0.450. The number of nitrogens with zero attached hydrogens (tertiary/aromatic N) is 3. The third-order valence-corrected chi connectivity index (χ3v) is 4.32. The average molecular weight is 261 g/mol. The SMILES string of the molecule is CC1CCCN(Cc2nnsc2Cl)C1CN. The summed E-state index contributed by atoms with van der Waals surface area (Å²) in [5.74, 6) is 0.657. The summed E-state index contributed by atoms with van der Waals surface area (Å²) in [5, 5.41) is 4.06. The Morgan fingerprint density at radius 3 is 3.06 bits per heavy atom. The second-order valence-electron chi connectivity index (χ2n) is 4.39. The predicted octanol–water partition coefficient (Wildman–Crippen LogP) is 1.75. The Morgan fingerprint density at radius 1 is 1.62 bits per heavy atom. The molecule has 1 aromatic rings. The van der Waals surface area contributed by atoms with Crippen LogP contribution >= 0.6 is 23.1 Å². The van der Waals surface area contributed by atoms with Crippen molar-refractivity contribution in [1.82, 2.24) is 14.5 Å². The van der Waals surface area contributed by atoms with Crippen molar-refractivity contribution in [2.45, 2.75) is 32.4 Å². The molecule has 16 heavy (non-hydrogen) atoms. The Morgan fingerprint density at radius 2 is 2.44 bits per heavy atom. The smallest absolute Gasteiger partial charge is 0.138 e. The molecule has 1 aliphatic rings. The summed E-state index contributed by atoms with van der Waals surface area (Å²) in [6.45, 7) is 4.84. The summed E-state index contributed by atoms with van der Waals surface area (Å²) < 4.78 is 4.56. The number of halogens is 1. The zero-order valence-electron chi connectivity index (χ0n) is 9.40. The van der Waals surface area contributed by atoms with E-state index in [1.165, 1.54) is 24.4 Å². The third-order valence-electron chi connectivity index (χ3n) is 3.33. The maximum atomic E-state index is 6.02. The summed E-state index contributed by atoms with van der Waals surface area (Å²) in [7, 11) is 0. The maximum absolute atomic E-state index is 6.02. The Labute approximate surface area is 105 Å². The van der Waals surface area contributed by atoms with Crippen molar-refractivity contribution in [1.29, 1.82) is 0 Å². The molecule has 2 N–H and O–H groups in total. The normalized spacial score (nSPS) is 27.2. The molecule has 0 aliphatic carbocycles. The molecule has 0 saturated carbocycles. The van der Waals surface area contributed by atoms with Gasteiger partial charge < -0.3 is 5.73 Å². The van der Waals surface area contributed by atoms with Gasteiger partial charge in [0.1, 0.15) is 10.0 Å². The fourth-order valence-corrected chi connectivity index (χ4v) is 3.01. The number of likely N-dealkylation sites (tertiary alicyclic amines) is 1. The van der Waals surface area contributed by atoms with Crippen molar-refractivity contribution in [3.05, 3.63) is 10.0 Å². The molecule has 1 saturated heterocycles. The van der Waals surface area contributed by atoms with E-state index in [0.717, 1.165) is 18.8 Å². The van der Waals surface area contributed by atoms with Gasteiger partial charge in [-0.3, -0.25) is 4.90 Å². The molecule has 1 aliphatic heterocycles. The highest BCUT2D eigenvalue weighted by Crippen LogP contribution is 2.26. The van der Waals surface area contributed by atoms with Gasteiger partial charge in [-0.05, 0) is 25.3 Å². The zero-order valence-corrected chi connectivity index (χ0v) is 11.0. The van der Waals surface area contributed by atoms with E-state index < -0.39 is 0 Å². The Bertz CT molecular complexity index is 343. The van der Waals surface area contributed by atoms with Crippen LogP contribution in [0.15, 0.2) is 0 Å². The van der Waals surface area contributed by atoms with Crippen molar-refractivity contribution >= 4 is 23.1 Å². The summed E-state index contributed by atoms with van der Waals surface area (Å²) in [5.41, 5.74) is 6.73. The molecule has 2 unspecified atom stereocenters. The van der Waals surface area contributed by atoms with Crippen LogP contribution in [0.3, 0.4) is 0 Å². The van der Waals surface area contributed by atoms with Gasteiger partial charge in [0.2, 0.25) is 0 Å². The van der Waals surface area contributed by atoms with Crippen LogP contribution in [0.2, 0.25) is 4.34 Å². The van der Waals surface area contributed by atoms with E-state index >= 15 is 0 Å². The Hall–Kier alpha value is -0.230. The van der Waals surface area contributed by atoms with Gasteiger partial charge in [0.05, 0.1) is 0 Å². The second kappa shape index (κ2) is 5.40. The monoisotopic (exact) mass is 260 g/mol. The van der Waals surface area contributed by atoms with Gasteiger partial charge in [0.15, 0.2) is 0 Å². The van der Waals surface area contributed by atoms with E-state index in [-0.39, 0.29) is 0 Å². The Balaban J connectivity index is 2.05. The number of aromatic nitrogens is 2.